The summed E-state index contributed by atoms with van der Waals surface area (Å²) in [4.78, 5) is 23.5. The van der Waals surface area contributed by atoms with Crippen molar-refractivity contribution >= 4 is 11.8 Å². The molecule has 1 N–H and O–H groups in total. The highest BCUT2D eigenvalue weighted by molar-refractivity contribution is 5.98. The second-order valence-corrected chi connectivity index (χ2v) is 6.59. The van der Waals surface area contributed by atoms with E-state index in [0.29, 0.717) is 34.4 Å². The molecule has 0 bridgehead atoms. The normalized spacial score (nSPS) is 10.5. The molecule has 0 unspecified atom stereocenters. The molecule has 1 aromatic heterocycles. The molecule has 5 nitrogen and oxygen atoms in total. The van der Waals surface area contributed by atoms with Crippen LogP contribution in [0.5, 0.6) is 0 Å². The van der Waals surface area contributed by atoms with Gasteiger partial charge in [-0.3, -0.25) is 4.79 Å². The zero-order valence-electron chi connectivity index (χ0n) is 16.0. The fourth-order valence-corrected chi connectivity index (χ4v) is 3.55. The Kier molecular flexibility index (Phi) is 5.14. The van der Waals surface area contributed by atoms with Crippen LogP contribution in [0.1, 0.15) is 46.0 Å². The molecule has 5 heteroatoms. The highest BCUT2D eigenvalue weighted by Crippen LogP contribution is 2.34. The molecule has 0 spiro atoms. The lowest BCUT2D eigenvalue weighted by Gasteiger charge is -2.07. The van der Waals surface area contributed by atoms with Crippen LogP contribution in [0.4, 0.5) is 0 Å². The van der Waals surface area contributed by atoms with Gasteiger partial charge < -0.3 is 9.67 Å². The van der Waals surface area contributed by atoms with Crippen LogP contribution in [-0.4, -0.2) is 21.4 Å². The van der Waals surface area contributed by atoms with Crippen LogP contribution in [0.15, 0.2) is 48.5 Å². The number of carboxylic acid groups (broad SMARTS) is 1. The van der Waals surface area contributed by atoms with E-state index in [0.717, 1.165) is 11.1 Å². The van der Waals surface area contributed by atoms with E-state index in [2.05, 4.69) is 6.07 Å². The van der Waals surface area contributed by atoms with Gasteiger partial charge in [-0.05, 0) is 36.1 Å². The number of carbonyl (C=O) groups excluding carboxylic acids is 1. The Bertz CT molecular complexity index is 1120. The predicted molar refractivity (Wildman–Crippen MR) is 107 cm³/mol. The Morgan fingerprint density at radius 2 is 1.71 bits per heavy atom. The van der Waals surface area contributed by atoms with Gasteiger partial charge >= 0.3 is 5.97 Å². The van der Waals surface area contributed by atoms with Crippen molar-refractivity contribution in [3.05, 3.63) is 71.0 Å². The third kappa shape index (κ3) is 3.21. The summed E-state index contributed by atoms with van der Waals surface area (Å²) >= 11 is 0. The molecule has 0 saturated carbocycles. The molecule has 140 valence electrons. The second-order valence-electron chi connectivity index (χ2n) is 6.59. The van der Waals surface area contributed by atoms with Gasteiger partial charge in [0.15, 0.2) is 5.78 Å². The van der Waals surface area contributed by atoms with Crippen LogP contribution in [0, 0.1) is 11.3 Å². The summed E-state index contributed by atoms with van der Waals surface area (Å²) in [5.74, 6) is -1.06. The lowest BCUT2D eigenvalue weighted by Crippen LogP contribution is -2.07. The average Bonchev–Trinajstić information content (AvgIpc) is 2.99. The van der Waals surface area contributed by atoms with E-state index in [4.69, 9.17) is 0 Å². The summed E-state index contributed by atoms with van der Waals surface area (Å²) in [7, 11) is 1.67. The number of hydrogen-bond donors (Lipinski definition) is 1. The summed E-state index contributed by atoms with van der Waals surface area (Å²) in [6.07, 6.45) is 0.565. The largest absolute Gasteiger partial charge is 0.477 e. The van der Waals surface area contributed by atoms with E-state index in [1.807, 2.05) is 49.4 Å². The molecule has 0 aliphatic heterocycles. The number of nitriles is 1. The first-order chi connectivity index (χ1) is 13.4. The lowest BCUT2D eigenvalue weighted by atomic mass is 9.96. The minimum absolute atomic E-state index is 0.000359. The third-order valence-corrected chi connectivity index (χ3v) is 4.94. The van der Waals surface area contributed by atoms with Gasteiger partial charge in [0.1, 0.15) is 11.8 Å². The predicted octanol–water partition coefficient (Wildman–Crippen LogP) is 4.69. The molecular weight excluding hydrogens is 352 g/mol. The molecule has 0 fully saturated rings. The number of benzene rings is 2. The minimum atomic E-state index is -1.06. The van der Waals surface area contributed by atoms with Gasteiger partial charge in [0.25, 0.3) is 0 Å². The highest BCUT2D eigenvalue weighted by Gasteiger charge is 2.25. The van der Waals surface area contributed by atoms with Crippen LogP contribution in [0.3, 0.4) is 0 Å². The molecule has 0 atom stereocenters. The SMILES string of the molecule is CCc1c(C#N)c(-c2ccc(-c3cccc(C(C)=O)c3)cc2)c(C(=O)O)n1C. The number of aromatic carboxylic acids is 1. The summed E-state index contributed by atoms with van der Waals surface area (Å²) in [6, 6.07) is 16.9. The Hall–Kier alpha value is -3.65. The lowest BCUT2D eigenvalue weighted by molar-refractivity contribution is 0.0687. The molecule has 2 aromatic carbocycles. The Morgan fingerprint density at radius 3 is 2.25 bits per heavy atom. The molecular formula is C23H20N2O3. The minimum Gasteiger partial charge on any atom is -0.477 e. The van der Waals surface area contributed by atoms with Crippen LogP contribution in [0.2, 0.25) is 0 Å². The maximum absolute atomic E-state index is 11.8. The highest BCUT2D eigenvalue weighted by atomic mass is 16.4. The monoisotopic (exact) mass is 372 g/mol. The van der Waals surface area contributed by atoms with E-state index in [9.17, 15) is 20.0 Å². The van der Waals surface area contributed by atoms with E-state index in [1.54, 1.807) is 17.7 Å². The van der Waals surface area contributed by atoms with Crippen molar-refractivity contribution in [2.45, 2.75) is 20.3 Å². The number of nitrogens with zero attached hydrogens (tertiary/aromatic N) is 2. The van der Waals surface area contributed by atoms with Crippen molar-refractivity contribution in [3.63, 3.8) is 0 Å². The molecule has 0 amide bonds. The molecule has 3 rings (SSSR count). The van der Waals surface area contributed by atoms with Gasteiger partial charge in [-0.2, -0.15) is 5.26 Å². The van der Waals surface area contributed by atoms with Crippen molar-refractivity contribution < 1.29 is 14.7 Å². The quantitative estimate of drug-likeness (QED) is 0.658. The molecule has 0 radical (unpaired) electrons. The van der Waals surface area contributed by atoms with Crippen LogP contribution < -0.4 is 0 Å². The number of Topliss-reactive ketones (excluding diaryl/α,β-unsaturated/α-hetero) is 1. The standard InChI is InChI=1S/C23H20N2O3/c1-4-20-19(13-24)21(22(23(27)28)25(20)3)16-10-8-15(9-11-16)18-7-5-6-17(12-18)14(2)26/h5-12H,4H2,1-3H3,(H,27,28). The number of rotatable bonds is 5. The topological polar surface area (TPSA) is 83.1 Å². The summed E-state index contributed by atoms with van der Waals surface area (Å²) < 4.78 is 1.58. The Labute approximate surface area is 163 Å². The van der Waals surface area contributed by atoms with E-state index < -0.39 is 5.97 Å². The number of aromatic nitrogens is 1. The summed E-state index contributed by atoms with van der Waals surface area (Å²) in [6.45, 7) is 3.43. The van der Waals surface area contributed by atoms with Gasteiger partial charge in [0.05, 0.1) is 5.56 Å². The van der Waals surface area contributed by atoms with Gasteiger partial charge in [0, 0.05) is 23.9 Å². The van der Waals surface area contributed by atoms with Crippen molar-refractivity contribution in [3.8, 4) is 28.3 Å². The third-order valence-electron chi connectivity index (χ3n) is 4.94. The Morgan fingerprint density at radius 1 is 1.07 bits per heavy atom. The van der Waals surface area contributed by atoms with Gasteiger partial charge in [-0.25, -0.2) is 4.79 Å². The number of carboxylic acids is 1. The van der Waals surface area contributed by atoms with Gasteiger partial charge in [-0.1, -0.05) is 49.4 Å². The summed E-state index contributed by atoms with van der Waals surface area (Å²) in [5.41, 5.74) is 4.78. The van der Waals surface area contributed by atoms with E-state index >= 15 is 0 Å². The van der Waals surface area contributed by atoms with Crippen molar-refractivity contribution in [2.24, 2.45) is 7.05 Å². The fourth-order valence-electron chi connectivity index (χ4n) is 3.55. The molecule has 3 aromatic rings. The Balaban J connectivity index is 2.13. The first-order valence-electron chi connectivity index (χ1n) is 8.95. The zero-order chi connectivity index (χ0) is 20.4. The van der Waals surface area contributed by atoms with Crippen molar-refractivity contribution in [1.82, 2.24) is 4.57 Å². The smallest absolute Gasteiger partial charge is 0.353 e. The zero-order valence-corrected chi connectivity index (χ0v) is 16.0. The first-order valence-corrected chi connectivity index (χ1v) is 8.95. The molecule has 0 saturated heterocycles. The summed E-state index contributed by atoms with van der Waals surface area (Å²) in [5, 5.41) is 19.3. The van der Waals surface area contributed by atoms with E-state index in [-0.39, 0.29) is 11.5 Å². The molecule has 1 heterocycles. The molecule has 0 aliphatic carbocycles. The van der Waals surface area contributed by atoms with Crippen LogP contribution in [0.25, 0.3) is 22.3 Å². The second kappa shape index (κ2) is 7.53. The van der Waals surface area contributed by atoms with Crippen LogP contribution in [-0.2, 0) is 13.5 Å². The maximum Gasteiger partial charge on any atom is 0.353 e. The van der Waals surface area contributed by atoms with Crippen LogP contribution >= 0.6 is 0 Å². The van der Waals surface area contributed by atoms with Crippen molar-refractivity contribution in [2.75, 3.05) is 0 Å². The number of hydrogen-bond acceptors (Lipinski definition) is 3. The van der Waals surface area contributed by atoms with E-state index in [1.165, 1.54) is 6.92 Å². The molecule has 28 heavy (non-hydrogen) atoms. The maximum atomic E-state index is 11.8. The first kappa shape index (κ1) is 19.1. The van der Waals surface area contributed by atoms with Crippen molar-refractivity contribution in [1.29, 1.82) is 5.26 Å². The molecule has 0 aliphatic rings. The van der Waals surface area contributed by atoms with Gasteiger partial charge in [-0.15, -0.1) is 0 Å². The van der Waals surface area contributed by atoms with Gasteiger partial charge in [0.2, 0.25) is 0 Å². The fraction of sp³-hybridized carbons (Fsp3) is 0.174. The number of ketones is 1. The number of carbonyl (C=O) groups is 2. The average molecular weight is 372 g/mol.